The Kier molecular flexibility index (Phi) is 16.6. The van der Waals surface area contributed by atoms with Gasteiger partial charge in [-0.15, -0.1) is 0 Å². The van der Waals surface area contributed by atoms with Crippen molar-refractivity contribution in [2.45, 2.75) is 148 Å². The molecule has 0 aromatic heterocycles. The first-order valence-electron chi connectivity index (χ1n) is 27.4. The molecule has 422 valence electrons. The summed E-state index contributed by atoms with van der Waals surface area (Å²) in [6, 6.07) is 26.7. The lowest BCUT2D eigenvalue weighted by Gasteiger charge is -2.56. The Balaban J connectivity index is 0.00000110. The molecule has 0 aliphatic heterocycles. The molecule has 4 aromatic rings. The van der Waals surface area contributed by atoms with Crippen molar-refractivity contribution < 1.29 is 56.6 Å². The number of halogens is 3. The van der Waals surface area contributed by atoms with Crippen LogP contribution in [0.15, 0.2) is 84.9 Å². The Morgan fingerprint density at radius 1 is 0.684 bits per heavy atom. The molecule has 8 atom stereocenters. The molecule has 0 spiro atoms. The number of fused-ring (bicyclic) bond motifs is 9. The highest BCUT2D eigenvalue weighted by Crippen LogP contribution is 2.60. The summed E-state index contributed by atoms with van der Waals surface area (Å²) in [6.45, 7) is 13.8. The smallest absolute Gasteiger partial charge is 0.475 e. The molecule has 9 rings (SSSR count). The predicted octanol–water partition coefficient (Wildman–Crippen LogP) is 9.59. The first-order valence-corrected chi connectivity index (χ1v) is 27.4. The number of nitrogens with two attached hydrogens (primary N) is 1. The van der Waals surface area contributed by atoms with Crippen LogP contribution in [-0.2, 0) is 57.2 Å². The number of ether oxygens (including phenoxy) is 1. The predicted molar refractivity (Wildman–Crippen MR) is 293 cm³/mol. The van der Waals surface area contributed by atoms with Gasteiger partial charge in [0.05, 0.1) is 16.9 Å². The van der Waals surface area contributed by atoms with E-state index in [0.717, 1.165) is 84.7 Å². The number of carboxylic acid groups (broad SMARTS) is 1. The highest BCUT2D eigenvalue weighted by molar-refractivity contribution is 6.01. The van der Waals surface area contributed by atoms with Crippen LogP contribution in [0.5, 0.6) is 0 Å². The highest BCUT2D eigenvalue weighted by atomic mass is 19.4. The quantitative estimate of drug-likeness (QED) is 0.0664. The van der Waals surface area contributed by atoms with Crippen LogP contribution in [0.25, 0.3) is 11.1 Å². The van der Waals surface area contributed by atoms with E-state index >= 15 is 0 Å². The molecule has 4 aromatic carbocycles. The number of anilines is 2. The third-order valence-corrected chi connectivity index (χ3v) is 18.3. The monoisotopic (exact) mass is 1090 g/mol. The van der Waals surface area contributed by atoms with Gasteiger partial charge in [-0.05, 0) is 156 Å². The van der Waals surface area contributed by atoms with Crippen molar-refractivity contribution in [1.82, 2.24) is 16.0 Å². The summed E-state index contributed by atoms with van der Waals surface area (Å²) in [5.41, 5.74) is 14.0. The number of imide groups is 1. The number of carboxylic acids is 1. The average Bonchev–Trinajstić information content (AvgIpc) is 3.90. The second-order valence-corrected chi connectivity index (χ2v) is 23.6. The van der Waals surface area contributed by atoms with Gasteiger partial charge in [-0.1, -0.05) is 115 Å². The van der Waals surface area contributed by atoms with Crippen LogP contribution < -0.4 is 32.3 Å². The number of hydrogen-bond acceptors (Lipinski definition) is 9. The van der Waals surface area contributed by atoms with E-state index in [1.54, 1.807) is 6.92 Å². The van der Waals surface area contributed by atoms with Crippen LogP contribution in [0.1, 0.15) is 139 Å². The van der Waals surface area contributed by atoms with E-state index in [4.69, 9.17) is 20.4 Å². The van der Waals surface area contributed by atoms with Gasteiger partial charge in [0.25, 0.3) is 0 Å². The number of hydrogen-bond donors (Lipinski definition) is 7. The van der Waals surface area contributed by atoms with Crippen molar-refractivity contribution in [1.29, 1.82) is 0 Å². The zero-order valence-corrected chi connectivity index (χ0v) is 46.0. The van der Waals surface area contributed by atoms with E-state index < -0.39 is 41.2 Å². The number of aryl methyl sites for hydroxylation is 2. The summed E-state index contributed by atoms with van der Waals surface area (Å²) in [4.78, 5) is 90.7. The Labute approximate surface area is 459 Å². The maximum Gasteiger partial charge on any atom is 0.490 e. The van der Waals surface area contributed by atoms with Gasteiger partial charge >= 0.3 is 18.2 Å². The molecule has 2 saturated carbocycles. The lowest BCUT2D eigenvalue weighted by atomic mass is 9.49. The molecule has 0 bridgehead atoms. The topological polar surface area (TPSA) is 235 Å². The maximum absolute atomic E-state index is 14.9. The summed E-state index contributed by atoms with van der Waals surface area (Å²) in [5.74, 6) is -4.56. The number of amides is 6. The van der Waals surface area contributed by atoms with Gasteiger partial charge in [0.2, 0.25) is 29.5 Å². The molecule has 79 heavy (non-hydrogen) atoms. The fourth-order valence-electron chi connectivity index (χ4n) is 13.9. The number of alkyl carbamates (subject to hydrolysis) is 1. The van der Waals surface area contributed by atoms with E-state index in [-0.39, 0.29) is 77.2 Å². The minimum atomic E-state index is -5.08. The molecule has 5 aliphatic carbocycles. The normalized spacial score (nSPS) is 25.3. The van der Waals surface area contributed by atoms with Gasteiger partial charge in [0.1, 0.15) is 19.2 Å². The van der Waals surface area contributed by atoms with Crippen molar-refractivity contribution in [3.8, 4) is 11.1 Å². The van der Waals surface area contributed by atoms with Crippen LogP contribution >= 0.6 is 0 Å². The molecule has 8 N–H and O–H groups in total. The minimum absolute atomic E-state index is 0.0468. The zero-order chi connectivity index (χ0) is 57.4. The molecule has 0 saturated heterocycles. The molecular weight excluding hydrogens is 1020 g/mol. The minimum Gasteiger partial charge on any atom is -0.475 e. The van der Waals surface area contributed by atoms with Gasteiger partial charge in [-0.2, -0.15) is 13.2 Å². The molecule has 6 amide bonds. The standard InChI is InChI=1S/C59H72N6O7.C2HF3O2/c1-34(2)50(60)52(68)62-35(3)51(67)64-39-23-19-37-21-25-48-57(5,46(37)31-39)27-13-29-59(48,7)54(70)65-53(69)58(6)28-12-26-56(4)45-30-38(22-18-36(45)20-24-47(56)58)63-49(66)32-61-55(71)72-33-44-42-16-10-8-14-40(42)41-15-9-11-17-43(41)44;3-2(4,5)1(6)7/h8-11,14-19,22-23,30-31,34-35,44,47-48,50H,12-13,20-21,24-29,32-33,60H2,1-7H3,(H,61,71)(H,62,68)(H,63,66)(H,64,67)(H,65,69,70);(H,6,7)/t35-,47+,48+,50-,56+,57+,58-,59-;/m0./s1. The summed E-state index contributed by atoms with van der Waals surface area (Å²) in [5, 5.41) is 21.5. The van der Waals surface area contributed by atoms with Crippen molar-refractivity contribution in [2.75, 3.05) is 23.8 Å². The lowest BCUT2D eigenvalue weighted by Crippen LogP contribution is -2.60. The molecule has 2 fully saturated rings. The Morgan fingerprint density at radius 3 is 1.62 bits per heavy atom. The summed E-state index contributed by atoms with van der Waals surface area (Å²) >= 11 is 0. The van der Waals surface area contributed by atoms with Crippen LogP contribution in [-0.4, -0.2) is 78.1 Å². The molecule has 0 radical (unpaired) electrons. The molecule has 0 heterocycles. The van der Waals surface area contributed by atoms with Crippen LogP contribution in [0, 0.1) is 28.6 Å². The fourth-order valence-corrected chi connectivity index (χ4v) is 13.9. The van der Waals surface area contributed by atoms with Gasteiger partial charge in [-0.25, -0.2) is 9.59 Å². The second kappa shape index (κ2) is 22.6. The van der Waals surface area contributed by atoms with Crippen LogP contribution in [0.4, 0.5) is 29.3 Å². The average molecular weight is 1090 g/mol. The molecular formula is C61H73F3N6O9. The van der Waals surface area contributed by atoms with E-state index in [1.165, 1.54) is 11.1 Å². The fraction of sp³-hybridized carbons (Fsp3) is 0.492. The van der Waals surface area contributed by atoms with Crippen LogP contribution in [0.2, 0.25) is 0 Å². The van der Waals surface area contributed by atoms with Gasteiger partial charge in [0, 0.05) is 17.3 Å². The van der Waals surface area contributed by atoms with Crippen LogP contribution in [0.3, 0.4) is 0 Å². The number of carbonyl (C=O) groups excluding carboxylic acids is 6. The number of alkyl halides is 3. The Bertz CT molecular complexity index is 3010. The molecule has 18 heteroatoms. The first kappa shape index (κ1) is 58.1. The summed E-state index contributed by atoms with van der Waals surface area (Å²) in [7, 11) is 0. The van der Waals surface area contributed by atoms with Crippen molar-refractivity contribution in [3.05, 3.63) is 118 Å². The number of benzene rings is 4. The van der Waals surface area contributed by atoms with E-state index in [1.807, 2.05) is 76.2 Å². The van der Waals surface area contributed by atoms with E-state index in [2.05, 4.69) is 76.8 Å². The number of carbonyl (C=O) groups is 7. The van der Waals surface area contributed by atoms with Gasteiger partial charge in [0.15, 0.2) is 0 Å². The number of aliphatic carboxylic acids is 1. The molecule has 15 nitrogen and oxygen atoms in total. The third kappa shape index (κ3) is 11.5. The molecule has 5 aliphatic rings. The largest absolute Gasteiger partial charge is 0.490 e. The van der Waals surface area contributed by atoms with Crippen molar-refractivity contribution >= 4 is 53.0 Å². The zero-order valence-electron chi connectivity index (χ0n) is 46.0. The first-order chi connectivity index (χ1) is 37.2. The lowest BCUT2D eigenvalue weighted by molar-refractivity contribution is -0.192. The second-order valence-electron chi connectivity index (χ2n) is 23.6. The van der Waals surface area contributed by atoms with Gasteiger partial charge in [-0.3, -0.25) is 29.3 Å². The third-order valence-electron chi connectivity index (χ3n) is 18.3. The van der Waals surface area contributed by atoms with Crippen molar-refractivity contribution in [3.63, 3.8) is 0 Å². The number of nitrogens with one attached hydrogen (secondary N) is 5. The van der Waals surface area contributed by atoms with E-state index in [0.29, 0.717) is 24.2 Å². The van der Waals surface area contributed by atoms with E-state index in [9.17, 15) is 41.9 Å². The summed E-state index contributed by atoms with van der Waals surface area (Å²) in [6.07, 6.45) is 2.04. The van der Waals surface area contributed by atoms with Crippen molar-refractivity contribution in [2.24, 2.45) is 34.3 Å². The molecule has 0 unspecified atom stereocenters. The van der Waals surface area contributed by atoms with Gasteiger partial charge < -0.3 is 36.8 Å². The summed E-state index contributed by atoms with van der Waals surface area (Å²) < 4.78 is 37.4. The number of rotatable bonds is 12. The Hall–Kier alpha value is -7.08. The maximum atomic E-state index is 14.9. The SMILES string of the molecule is CC(C)[C@H](N)C(=O)N[C@@H](C)C(=O)Nc1ccc2c(c1)[C@@]1(C)CCC[C@](C)(C(=O)NC(=O)[C@@]3(C)CCC[C@]4(C)c5cc(NC(=O)CNC(=O)OCC6c7ccccc7-c7ccccc76)ccc5CC[C@@H]34)[C@@H]1CC2.O=C(O)C(F)(F)F. The Morgan fingerprint density at radius 2 is 1.15 bits per heavy atom. The highest BCUT2D eigenvalue weighted by Gasteiger charge is 2.58.